The third-order valence-electron chi connectivity index (χ3n) is 4.67. The van der Waals surface area contributed by atoms with Gasteiger partial charge >= 0.3 is 0 Å². The van der Waals surface area contributed by atoms with E-state index in [0.717, 1.165) is 18.5 Å². The normalized spacial score (nSPS) is 14.8. The Hall–Kier alpha value is -2.97. The molecule has 4 rings (SSSR count). The zero-order valence-corrected chi connectivity index (χ0v) is 15.9. The van der Waals surface area contributed by atoms with Crippen molar-refractivity contribution in [3.63, 3.8) is 0 Å². The molecule has 2 aromatic carbocycles. The van der Waals surface area contributed by atoms with Crippen LogP contribution in [-0.4, -0.2) is 50.4 Å². The first-order chi connectivity index (χ1) is 13.5. The summed E-state index contributed by atoms with van der Waals surface area (Å²) in [6.07, 6.45) is 1.57. The minimum absolute atomic E-state index is 0.0471. The van der Waals surface area contributed by atoms with Gasteiger partial charge in [0.2, 0.25) is 0 Å². The fraction of sp³-hybridized carbons (Fsp3) is 0.200. The Bertz CT molecular complexity index is 1100. The third-order valence-corrected chi connectivity index (χ3v) is 6.09. The lowest BCUT2D eigenvalue weighted by molar-refractivity contribution is 0.0736. The molecule has 144 valence electrons. The summed E-state index contributed by atoms with van der Waals surface area (Å²) in [5, 5.41) is 3.96. The monoisotopic (exact) mass is 396 g/mol. The molecule has 7 nitrogen and oxygen atoms in total. The van der Waals surface area contributed by atoms with Crippen LogP contribution in [0.4, 0.5) is 5.69 Å². The molecule has 0 radical (unpaired) electrons. The van der Waals surface area contributed by atoms with Gasteiger partial charge in [-0.25, -0.2) is 8.42 Å². The molecule has 0 unspecified atom stereocenters. The van der Waals surface area contributed by atoms with Crippen molar-refractivity contribution in [3.8, 4) is 0 Å². The lowest BCUT2D eigenvalue weighted by Gasteiger charge is -2.27. The maximum atomic E-state index is 12.8. The summed E-state index contributed by atoms with van der Waals surface area (Å²) in [5.74, 6) is -0.0471. The van der Waals surface area contributed by atoms with E-state index in [0.29, 0.717) is 29.9 Å². The van der Waals surface area contributed by atoms with Gasteiger partial charge in [-0.3, -0.25) is 14.5 Å². The van der Waals surface area contributed by atoms with Crippen LogP contribution in [0.25, 0.3) is 10.9 Å². The molecule has 1 fully saturated rings. The molecule has 0 atom stereocenters. The Morgan fingerprint density at radius 2 is 1.71 bits per heavy atom. The first-order valence-corrected chi connectivity index (χ1v) is 10.5. The number of hydrogen-bond donors (Lipinski definition) is 2. The van der Waals surface area contributed by atoms with Crippen molar-refractivity contribution in [2.24, 2.45) is 0 Å². The van der Waals surface area contributed by atoms with E-state index in [2.05, 4.69) is 15.0 Å². The van der Waals surface area contributed by atoms with Gasteiger partial charge in [0, 0.05) is 49.0 Å². The number of anilines is 1. The summed E-state index contributed by atoms with van der Waals surface area (Å²) >= 11 is 0. The van der Waals surface area contributed by atoms with E-state index in [1.807, 2.05) is 12.1 Å². The number of fused-ring (bicyclic) bond motifs is 1. The molecule has 1 aromatic heterocycles. The molecule has 2 heterocycles. The van der Waals surface area contributed by atoms with Crippen molar-refractivity contribution in [3.05, 3.63) is 66.4 Å². The number of nitrogens with one attached hydrogen (secondary N) is 2. The van der Waals surface area contributed by atoms with E-state index in [1.54, 1.807) is 47.5 Å². The summed E-state index contributed by atoms with van der Waals surface area (Å²) < 4.78 is 28.3. The smallest absolute Gasteiger partial charge is 0.264 e. The Morgan fingerprint density at radius 3 is 2.46 bits per heavy atom. The van der Waals surface area contributed by atoms with Crippen LogP contribution < -0.4 is 10.0 Å². The fourth-order valence-corrected chi connectivity index (χ4v) is 4.47. The van der Waals surface area contributed by atoms with Gasteiger partial charge in [-0.15, -0.1) is 0 Å². The highest BCUT2D eigenvalue weighted by Gasteiger charge is 2.20. The number of sulfonamides is 1. The van der Waals surface area contributed by atoms with Gasteiger partial charge < -0.3 is 10.2 Å². The van der Waals surface area contributed by atoms with E-state index in [4.69, 9.17) is 0 Å². The van der Waals surface area contributed by atoms with Crippen LogP contribution in [0.5, 0.6) is 0 Å². The highest BCUT2D eigenvalue weighted by atomic mass is 32.2. The minimum Gasteiger partial charge on any atom is -0.336 e. The molecule has 1 amide bonds. The number of amides is 1. The Morgan fingerprint density at radius 1 is 1.00 bits per heavy atom. The number of piperazine rings is 1. The summed E-state index contributed by atoms with van der Waals surface area (Å²) in [5.41, 5.74) is 1.35. The predicted molar refractivity (Wildman–Crippen MR) is 108 cm³/mol. The van der Waals surface area contributed by atoms with E-state index >= 15 is 0 Å². The van der Waals surface area contributed by atoms with E-state index in [1.165, 1.54) is 6.07 Å². The summed E-state index contributed by atoms with van der Waals surface area (Å²) in [7, 11) is -3.81. The lowest BCUT2D eigenvalue weighted by Crippen LogP contribution is -2.46. The standard InChI is InChI=1S/C20H20N4O3S/c25-20(24-13-11-21-12-14-24)16-6-8-17(9-7-16)23-28(26,27)18-5-1-3-15-4-2-10-22-19(15)18/h1-10,21,23H,11-14H2. The molecule has 2 N–H and O–H groups in total. The van der Waals surface area contributed by atoms with E-state index < -0.39 is 10.0 Å². The number of benzene rings is 2. The molecule has 1 aliphatic heterocycles. The second kappa shape index (κ2) is 7.57. The van der Waals surface area contributed by atoms with Crippen LogP contribution in [0.3, 0.4) is 0 Å². The second-order valence-electron chi connectivity index (χ2n) is 6.56. The lowest BCUT2D eigenvalue weighted by atomic mass is 10.1. The highest BCUT2D eigenvalue weighted by Crippen LogP contribution is 2.23. The number of carbonyl (C=O) groups excluding carboxylic acids is 1. The van der Waals surface area contributed by atoms with Gasteiger partial charge in [-0.1, -0.05) is 18.2 Å². The molecule has 8 heteroatoms. The fourth-order valence-electron chi connectivity index (χ4n) is 3.23. The maximum absolute atomic E-state index is 12.8. The van der Waals surface area contributed by atoms with Gasteiger partial charge in [0.1, 0.15) is 4.90 Å². The van der Waals surface area contributed by atoms with Crippen molar-refractivity contribution in [2.45, 2.75) is 4.90 Å². The third kappa shape index (κ3) is 3.69. The molecule has 0 spiro atoms. The number of hydrogen-bond acceptors (Lipinski definition) is 5. The quantitative estimate of drug-likeness (QED) is 0.705. The first kappa shape index (κ1) is 18.4. The number of para-hydroxylation sites is 1. The molecule has 1 saturated heterocycles. The predicted octanol–water partition coefficient (Wildman–Crippen LogP) is 2.08. The van der Waals surface area contributed by atoms with Crippen LogP contribution in [-0.2, 0) is 10.0 Å². The van der Waals surface area contributed by atoms with Crippen LogP contribution in [0.2, 0.25) is 0 Å². The number of carbonyl (C=O) groups is 1. The molecule has 1 aliphatic rings. The van der Waals surface area contributed by atoms with Crippen LogP contribution >= 0.6 is 0 Å². The van der Waals surface area contributed by atoms with Crippen molar-refractivity contribution in [1.29, 1.82) is 0 Å². The Balaban J connectivity index is 1.56. The summed E-state index contributed by atoms with van der Waals surface area (Å²) in [6.45, 7) is 2.90. The average Bonchev–Trinajstić information content (AvgIpc) is 2.74. The summed E-state index contributed by atoms with van der Waals surface area (Å²) in [4.78, 5) is 18.6. The molecular formula is C20H20N4O3S. The molecular weight excluding hydrogens is 376 g/mol. The van der Waals surface area contributed by atoms with Gasteiger partial charge in [0.15, 0.2) is 0 Å². The largest absolute Gasteiger partial charge is 0.336 e. The van der Waals surface area contributed by atoms with Crippen molar-refractivity contribution >= 4 is 32.5 Å². The van der Waals surface area contributed by atoms with Gasteiger partial charge in [-0.2, -0.15) is 0 Å². The van der Waals surface area contributed by atoms with Crippen LogP contribution in [0.15, 0.2) is 65.7 Å². The first-order valence-electron chi connectivity index (χ1n) is 9.01. The van der Waals surface area contributed by atoms with Gasteiger partial charge in [0.25, 0.3) is 15.9 Å². The molecule has 0 aliphatic carbocycles. The van der Waals surface area contributed by atoms with Crippen molar-refractivity contribution < 1.29 is 13.2 Å². The molecule has 3 aromatic rings. The SMILES string of the molecule is O=C(c1ccc(NS(=O)(=O)c2cccc3cccnc23)cc1)N1CCNCC1. The molecule has 0 saturated carbocycles. The molecule has 0 bridgehead atoms. The number of pyridine rings is 1. The number of aromatic nitrogens is 1. The number of rotatable bonds is 4. The van der Waals surface area contributed by atoms with Crippen LogP contribution in [0, 0.1) is 0 Å². The van der Waals surface area contributed by atoms with Gasteiger partial charge in [0.05, 0.1) is 5.52 Å². The topological polar surface area (TPSA) is 91.4 Å². The Labute approximate surface area is 163 Å². The number of nitrogens with zero attached hydrogens (tertiary/aromatic N) is 2. The zero-order valence-electron chi connectivity index (χ0n) is 15.1. The van der Waals surface area contributed by atoms with Crippen molar-refractivity contribution in [2.75, 3.05) is 30.9 Å². The van der Waals surface area contributed by atoms with Crippen molar-refractivity contribution in [1.82, 2.24) is 15.2 Å². The highest BCUT2D eigenvalue weighted by molar-refractivity contribution is 7.93. The van der Waals surface area contributed by atoms with Gasteiger partial charge in [-0.05, 0) is 36.4 Å². The minimum atomic E-state index is -3.81. The van der Waals surface area contributed by atoms with E-state index in [9.17, 15) is 13.2 Å². The second-order valence-corrected chi connectivity index (χ2v) is 8.21. The average molecular weight is 396 g/mol. The zero-order chi connectivity index (χ0) is 19.6. The maximum Gasteiger partial charge on any atom is 0.264 e. The Kier molecular flexibility index (Phi) is 4.97. The van der Waals surface area contributed by atoms with E-state index in [-0.39, 0.29) is 10.8 Å². The summed E-state index contributed by atoms with van der Waals surface area (Å²) in [6, 6.07) is 15.1. The molecule has 28 heavy (non-hydrogen) atoms. The van der Waals surface area contributed by atoms with Crippen LogP contribution in [0.1, 0.15) is 10.4 Å².